The third-order valence-corrected chi connectivity index (χ3v) is 4.57. The highest BCUT2D eigenvalue weighted by atomic mass is 32.1. The van der Waals surface area contributed by atoms with Gasteiger partial charge in [-0.15, -0.1) is 0 Å². The summed E-state index contributed by atoms with van der Waals surface area (Å²) in [4.78, 5) is 15.7. The fourth-order valence-electron chi connectivity index (χ4n) is 2.84. The average molecular weight is 266 g/mol. The lowest BCUT2D eigenvalue weighted by Crippen LogP contribution is -2.54. The van der Waals surface area contributed by atoms with Crippen LogP contribution in [0, 0.1) is 0 Å². The number of nitrogens with zero attached hydrogens (tertiary/aromatic N) is 2. The molecular weight excluding hydrogens is 248 g/mol. The second-order valence-electron chi connectivity index (χ2n) is 5.31. The molecule has 18 heavy (non-hydrogen) atoms. The number of carbonyl (C=O) groups is 1. The summed E-state index contributed by atoms with van der Waals surface area (Å²) in [6, 6.07) is 2.17. The Morgan fingerprint density at radius 1 is 1.50 bits per heavy atom. The van der Waals surface area contributed by atoms with Gasteiger partial charge in [0.1, 0.15) is 12.2 Å². The fourth-order valence-corrected chi connectivity index (χ4v) is 3.50. The van der Waals surface area contributed by atoms with Crippen LogP contribution in [0.15, 0.2) is 16.8 Å². The first-order valence-electron chi connectivity index (χ1n) is 6.28. The van der Waals surface area contributed by atoms with Crippen molar-refractivity contribution >= 4 is 17.2 Å². The molecule has 0 aliphatic carbocycles. The van der Waals surface area contributed by atoms with E-state index in [0.717, 1.165) is 32.6 Å². The average Bonchev–Trinajstić information content (AvgIpc) is 2.96. The zero-order valence-corrected chi connectivity index (χ0v) is 11.4. The van der Waals surface area contributed by atoms with Crippen LogP contribution in [0.4, 0.5) is 0 Å². The molecule has 2 aliphatic rings. The summed E-state index contributed by atoms with van der Waals surface area (Å²) in [5.74, 6) is 0.0944. The lowest BCUT2D eigenvalue weighted by atomic mass is 10.0. The molecule has 1 spiro atoms. The smallest absolute Gasteiger partial charge is 0.248 e. The minimum Gasteiger partial charge on any atom is -0.362 e. The van der Waals surface area contributed by atoms with Crippen LogP contribution < -0.4 is 0 Å². The molecule has 1 atom stereocenters. The molecule has 2 saturated heterocycles. The van der Waals surface area contributed by atoms with Crippen LogP contribution in [-0.4, -0.2) is 54.6 Å². The Balaban J connectivity index is 1.62. The van der Waals surface area contributed by atoms with E-state index in [1.165, 1.54) is 5.56 Å². The van der Waals surface area contributed by atoms with E-state index in [-0.39, 0.29) is 18.1 Å². The Hall–Kier alpha value is -0.910. The predicted octanol–water partition coefficient (Wildman–Crippen LogP) is 1.18. The van der Waals surface area contributed by atoms with Crippen molar-refractivity contribution in [3.05, 3.63) is 22.4 Å². The van der Waals surface area contributed by atoms with Gasteiger partial charge in [0.25, 0.3) is 0 Å². The van der Waals surface area contributed by atoms with Gasteiger partial charge < -0.3 is 9.64 Å². The number of morpholine rings is 1. The van der Waals surface area contributed by atoms with Crippen molar-refractivity contribution in [2.24, 2.45) is 0 Å². The molecule has 3 rings (SSSR count). The summed E-state index contributed by atoms with van der Waals surface area (Å²) in [5, 5.41) is 4.31. The third-order valence-electron chi connectivity index (χ3n) is 3.83. The Morgan fingerprint density at radius 2 is 2.39 bits per heavy atom. The molecule has 0 radical (unpaired) electrons. The Morgan fingerprint density at radius 3 is 3.11 bits per heavy atom. The van der Waals surface area contributed by atoms with E-state index < -0.39 is 0 Å². The van der Waals surface area contributed by atoms with Gasteiger partial charge in [-0.2, -0.15) is 11.3 Å². The molecule has 0 N–H and O–H groups in total. The molecule has 2 aliphatic heterocycles. The Bertz CT molecular complexity index is 434. The minimum absolute atomic E-state index is 0.0944. The molecule has 1 aromatic rings. The molecule has 0 aromatic carbocycles. The molecule has 3 heterocycles. The third kappa shape index (κ3) is 2.30. The highest BCUT2D eigenvalue weighted by Gasteiger charge is 2.43. The predicted molar refractivity (Wildman–Crippen MR) is 70.5 cm³/mol. The maximum absolute atomic E-state index is 11.5. The van der Waals surface area contributed by atoms with Crippen LogP contribution in [-0.2, 0) is 16.1 Å². The van der Waals surface area contributed by atoms with Crippen LogP contribution in [0.2, 0.25) is 0 Å². The number of likely N-dealkylation sites (tertiary alicyclic amines) is 1. The second-order valence-corrected chi connectivity index (χ2v) is 6.09. The van der Waals surface area contributed by atoms with Gasteiger partial charge in [0, 0.05) is 26.7 Å². The number of hydrogen-bond acceptors (Lipinski definition) is 4. The first-order chi connectivity index (χ1) is 8.67. The van der Waals surface area contributed by atoms with Crippen LogP contribution in [0.5, 0.6) is 0 Å². The topological polar surface area (TPSA) is 32.8 Å². The quantitative estimate of drug-likeness (QED) is 0.806. The lowest BCUT2D eigenvalue weighted by molar-refractivity contribution is -0.159. The summed E-state index contributed by atoms with van der Waals surface area (Å²) in [6.45, 7) is 3.94. The molecule has 2 fully saturated rings. The number of carbonyl (C=O) groups excluding carboxylic acids is 1. The number of likely N-dealkylation sites (N-methyl/N-ethyl adjacent to an activating group) is 1. The first kappa shape index (κ1) is 12.1. The van der Waals surface area contributed by atoms with Crippen molar-refractivity contribution in [1.29, 1.82) is 0 Å². The molecule has 1 amide bonds. The standard InChI is InChI=1S/C13H18N2O2S/c1-14-9-13(17-7-12(14)16)3-4-15(10-13)6-11-2-5-18-8-11/h2,5,8H,3-4,6-7,9-10H2,1H3. The molecule has 1 unspecified atom stereocenters. The maximum Gasteiger partial charge on any atom is 0.248 e. The largest absolute Gasteiger partial charge is 0.362 e. The number of thiophene rings is 1. The van der Waals surface area contributed by atoms with Gasteiger partial charge in [-0.05, 0) is 28.8 Å². The van der Waals surface area contributed by atoms with Gasteiger partial charge in [-0.3, -0.25) is 9.69 Å². The summed E-state index contributed by atoms with van der Waals surface area (Å²) in [6.07, 6.45) is 1.02. The van der Waals surface area contributed by atoms with Crippen molar-refractivity contribution in [3.8, 4) is 0 Å². The van der Waals surface area contributed by atoms with E-state index in [9.17, 15) is 4.79 Å². The Kier molecular flexibility index (Phi) is 3.13. The molecule has 5 heteroatoms. The molecule has 0 saturated carbocycles. The minimum atomic E-state index is -0.126. The Labute approximate surface area is 111 Å². The summed E-state index contributed by atoms with van der Waals surface area (Å²) in [5.41, 5.74) is 1.25. The monoisotopic (exact) mass is 266 g/mol. The highest BCUT2D eigenvalue weighted by molar-refractivity contribution is 7.07. The molecule has 98 valence electrons. The van der Waals surface area contributed by atoms with Gasteiger partial charge in [0.2, 0.25) is 5.91 Å². The van der Waals surface area contributed by atoms with E-state index in [4.69, 9.17) is 4.74 Å². The van der Waals surface area contributed by atoms with Crippen molar-refractivity contribution in [3.63, 3.8) is 0 Å². The van der Waals surface area contributed by atoms with Crippen molar-refractivity contribution in [2.75, 3.05) is 33.3 Å². The number of rotatable bonds is 2. The van der Waals surface area contributed by atoms with Gasteiger partial charge in [0.05, 0.1) is 6.54 Å². The number of amides is 1. The molecule has 1 aromatic heterocycles. The number of hydrogen-bond donors (Lipinski definition) is 0. The van der Waals surface area contributed by atoms with Gasteiger partial charge in [-0.25, -0.2) is 0 Å². The molecule has 0 bridgehead atoms. The normalized spacial score (nSPS) is 29.4. The fraction of sp³-hybridized carbons (Fsp3) is 0.615. The van der Waals surface area contributed by atoms with Crippen LogP contribution >= 0.6 is 11.3 Å². The summed E-state index contributed by atoms with van der Waals surface area (Å²) >= 11 is 1.74. The lowest BCUT2D eigenvalue weighted by Gasteiger charge is -2.38. The van der Waals surface area contributed by atoms with E-state index in [0.29, 0.717) is 0 Å². The molecule has 4 nitrogen and oxygen atoms in total. The van der Waals surface area contributed by atoms with Crippen molar-refractivity contribution in [2.45, 2.75) is 18.6 Å². The van der Waals surface area contributed by atoms with Crippen LogP contribution in [0.25, 0.3) is 0 Å². The van der Waals surface area contributed by atoms with Gasteiger partial charge >= 0.3 is 0 Å². The first-order valence-corrected chi connectivity index (χ1v) is 7.23. The van der Waals surface area contributed by atoms with Crippen LogP contribution in [0.3, 0.4) is 0 Å². The van der Waals surface area contributed by atoms with E-state index in [1.807, 2.05) is 7.05 Å². The van der Waals surface area contributed by atoms with Crippen LogP contribution in [0.1, 0.15) is 12.0 Å². The van der Waals surface area contributed by atoms with E-state index >= 15 is 0 Å². The maximum atomic E-state index is 11.5. The number of ether oxygens (including phenoxy) is 1. The highest BCUT2D eigenvalue weighted by Crippen LogP contribution is 2.30. The second kappa shape index (κ2) is 4.64. The SMILES string of the molecule is CN1CC2(CCN(Cc3ccsc3)C2)OCC1=O. The van der Waals surface area contributed by atoms with Gasteiger partial charge in [-0.1, -0.05) is 0 Å². The zero-order chi connectivity index (χ0) is 12.6. The van der Waals surface area contributed by atoms with Gasteiger partial charge in [0.15, 0.2) is 0 Å². The van der Waals surface area contributed by atoms with Crippen molar-refractivity contribution < 1.29 is 9.53 Å². The summed E-state index contributed by atoms with van der Waals surface area (Å²) < 4.78 is 5.83. The molecular formula is C13H18N2O2S. The van der Waals surface area contributed by atoms with E-state index in [2.05, 4.69) is 21.7 Å². The zero-order valence-electron chi connectivity index (χ0n) is 10.6. The van der Waals surface area contributed by atoms with Crippen molar-refractivity contribution in [1.82, 2.24) is 9.80 Å². The summed E-state index contributed by atoms with van der Waals surface area (Å²) in [7, 11) is 1.87. The van der Waals surface area contributed by atoms with E-state index in [1.54, 1.807) is 16.2 Å².